The van der Waals surface area contributed by atoms with Crippen molar-refractivity contribution in [1.82, 2.24) is 9.88 Å². The molecule has 1 aromatic heterocycles. The summed E-state index contributed by atoms with van der Waals surface area (Å²) in [5, 5.41) is 20.2. The molecule has 0 radical (unpaired) electrons. The minimum absolute atomic E-state index is 0.00738. The lowest BCUT2D eigenvalue weighted by molar-refractivity contribution is 0.0372. The summed E-state index contributed by atoms with van der Waals surface area (Å²) >= 11 is 0. The summed E-state index contributed by atoms with van der Waals surface area (Å²) < 4.78 is 6.01. The van der Waals surface area contributed by atoms with Gasteiger partial charge in [-0.25, -0.2) is 0 Å². The Labute approximate surface area is 147 Å². The second-order valence-corrected chi connectivity index (χ2v) is 5.82. The highest BCUT2D eigenvalue weighted by Gasteiger charge is 2.32. The highest BCUT2D eigenvalue weighted by Crippen LogP contribution is 2.30. The minimum Gasteiger partial charge on any atom is -0.491 e. The van der Waals surface area contributed by atoms with Crippen LogP contribution in [0.4, 0.5) is 0 Å². The van der Waals surface area contributed by atoms with Crippen molar-refractivity contribution in [3.63, 3.8) is 0 Å². The van der Waals surface area contributed by atoms with Crippen LogP contribution in [0.25, 0.3) is 0 Å². The van der Waals surface area contributed by atoms with E-state index in [1.54, 1.807) is 18.5 Å². The second kappa shape index (κ2) is 8.46. The maximum absolute atomic E-state index is 10.9. The number of hydrogen-bond donors (Lipinski definition) is 2. The fraction of sp³-hybridized carbons (Fsp3) is 0.250. The summed E-state index contributed by atoms with van der Waals surface area (Å²) in [6, 6.07) is 13.1. The van der Waals surface area contributed by atoms with Gasteiger partial charge in [-0.2, -0.15) is 0 Å². The number of nitrogens with zero attached hydrogens (tertiary/aromatic N) is 2. The van der Waals surface area contributed by atoms with Gasteiger partial charge in [-0.1, -0.05) is 36.4 Å². The average molecular weight is 338 g/mol. The molecule has 1 aliphatic heterocycles. The van der Waals surface area contributed by atoms with Crippen LogP contribution in [0.2, 0.25) is 0 Å². The molecule has 0 amide bonds. The number of hydrogen-bond acceptors (Lipinski definition) is 5. The molecule has 0 aliphatic carbocycles. The summed E-state index contributed by atoms with van der Waals surface area (Å²) in [6.45, 7) is 0.820. The highest BCUT2D eigenvalue weighted by atomic mass is 16.5. The first-order chi connectivity index (χ1) is 12.3. The zero-order valence-electron chi connectivity index (χ0n) is 13.9. The van der Waals surface area contributed by atoms with Crippen LogP contribution < -0.4 is 0 Å². The lowest BCUT2D eigenvalue weighted by atomic mass is 9.98. The zero-order chi connectivity index (χ0) is 17.5. The molecule has 5 heteroatoms. The number of aliphatic hydroxyl groups is 2. The van der Waals surface area contributed by atoms with Crippen molar-refractivity contribution < 1.29 is 14.9 Å². The van der Waals surface area contributed by atoms with E-state index >= 15 is 0 Å². The summed E-state index contributed by atoms with van der Waals surface area (Å²) in [7, 11) is 0. The van der Waals surface area contributed by atoms with Gasteiger partial charge in [0.25, 0.3) is 0 Å². The van der Waals surface area contributed by atoms with Crippen molar-refractivity contribution in [2.45, 2.75) is 18.8 Å². The SMILES string of the molecule is OCCN1C=CC=C(OCc2ccccc2)C1C(O)c1cccnc1. The number of aliphatic hydroxyl groups excluding tert-OH is 2. The number of allylic oxidation sites excluding steroid dienone is 2. The maximum atomic E-state index is 10.9. The molecule has 1 aliphatic rings. The summed E-state index contributed by atoms with van der Waals surface area (Å²) in [4.78, 5) is 5.97. The van der Waals surface area contributed by atoms with Crippen molar-refractivity contribution in [3.05, 3.63) is 90.1 Å². The number of aromatic nitrogens is 1. The van der Waals surface area contributed by atoms with Gasteiger partial charge < -0.3 is 19.8 Å². The van der Waals surface area contributed by atoms with E-state index in [4.69, 9.17) is 4.74 Å². The molecule has 0 spiro atoms. The molecule has 0 saturated heterocycles. The van der Waals surface area contributed by atoms with Crippen molar-refractivity contribution in [3.8, 4) is 0 Å². The first-order valence-electron chi connectivity index (χ1n) is 8.29. The van der Waals surface area contributed by atoms with Crippen molar-refractivity contribution in [1.29, 1.82) is 0 Å². The number of benzene rings is 1. The fourth-order valence-corrected chi connectivity index (χ4v) is 2.88. The molecule has 5 nitrogen and oxygen atoms in total. The largest absolute Gasteiger partial charge is 0.491 e. The minimum atomic E-state index is -0.813. The molecule has 3 rings (SSSR count). The molecule has 1 aromatic carbocycles. The molecular weight excluding hydrogens is 316 g/mol. The topological polar surface area (TPSA) is 65.8 Å². The molecule has 0 bridgehead atoms. The summed E-state index contributed by atoms with van der Waals surface area (Å²) in [5.41, 5.74) is 1.77. The van der Waals surface area contributed by atoms with E-state index in [9.17, 15) is 10.2 Å². The quantitative estimate of drug-likeness (QED) is 0.812. The Bertz CT molecular complexity index is 716. The number of ether oxygens (including phenoxy) is 1. The average Bonchev–Trinajstić information content (AvgIpc) is 2.68. The normalized spacial score (nSPS) is 17.9. The molecule has 2 N–H and O–H groups in total. The Hall–Kier alpha value is -2.63. The van der Waals surface area contributed by atoms with Crippen LogP contribution in [-0.4, -0.2) is 39.3 Å². The van der Waals surface area contributed by atoms with Crippen LogP contribution in [0.3, 0.4) is 0 Å². The second-order valence-electron chi connectivity index (χ2n) is 5.82. The Morgan fingerprint density at radius 3 is 2.72 bits per heavy atom. The van der Waals surface area contributed by atoms with Gasteiger partial charge in [-0.05, 0) is 23.8 Å². The molecular formula is C20H22N2O3. The molecule has 0 fully saturated rings. The molecule has 130 valence electrons. The van der Waals surface area contributed by atoms with Crippen molar-refractivity contribution in [2.75, 3.05) is 13.2 Å². The first-order valence-corrected chi connectivity index (χ1v) is 8.29. The predicted molar refractivity (Wildman–Crippen MR) is 95.2 cm³/mol. The summed E-state index contributed by atoms with van der Waals surface area (Å²) in [6.07, 6.45) is 8.09. The third-order valence-corrected chi connectivity index (χ3v) is 4.12. The standard InChI is InChI=1S/C20H22N2O3/c23-13-12-22-11-5-9-18(25-15-16-6-2-1-3-7-16)19(22)20(24)17-8-4-10-21-14-17/h1-11,14,19-20,23-24H,12-13,15H2. The zero-order valence-corrected chi connectivity index (χ0v) is 13.9. The Morgan fingerprint density at radius 1 is 1.16 bits per heavy atom. The van der Waals surface area contributed by atoms with Gasteiger partial charge in [0, 0.05) is 30.7 Å². The monoisotopic (exact) mass is 338 g/mol. The van der Waals surface area contributed by atoms with E-state index in [1.165, 1.54) is 0 Å². The number of pyridine rings is 1. The van der Waals surface area contributed by atoms with Gasteiger partial charge in [0.1, 0.15) is 24.5 Å². The van der Waals surface area contributed by atoms with E-state index in [1.807, 2.05) is 59.7 Å². The molecule has 2 unspecified atom stereocenters. The van der Waals surface area contributed by atoms with Gasteiger partial charge in [0.15, 0.2) is 0 Å². The van der Waals surface area contributed by atoms with E-state index in [0.717, 1.165) is 5.56 Å². The van der Waals surface area contributed by atoms with Crippen LogP contribution in [-0.2, 0) is 11.3 Å². The van der Waals surface area contributed by atoms with E-state index in [0.29, 0.717) is 24.5 Å². The Balaban J connectivity index is 1.80. The van der Waals surface area contributed by atoms with Gasteiger partial charge >= 0.3 is 0 Å². The molecule has 2 atom stereocenters. The molecule has 2 heterocycles. The third kappa shape index (κ3) is 4.26. The Morgan fingerprint density at radius 2 is 2.00 bits per heavy atom. The van der Waals surface area contributed by atoms with Crippen LogP contribution in [0.5, 0.6) is 0 Å². The van der Waals surface area contributed by atoms with Crippen molar-refractivity contribution in [2.24, 2.45) is 0 Å². The first kappa shape index (κ1) is 17.2. The fourth-order valence-electron chi connectivity index (χ4n) is 2.88. The lowest BCUT2D eigenvalue weighted by Crippen LogP contribution is -2.41. The van der Waals surface area contributed by atoms with Crippen molar-refractivity contribution >= 4 is 0 Å². The van der Waals surface area contributed by atoms with Gasteiger partial charge in [-0.3, -0.25) is 4.98 Å². The number of β-amino-alcohol motifs (C(OH)–C–C–N with tert-alkyl or cyclic N) is 1. The van der Waals surface area contributed by atoms with Crippen LogP contribution in [0.1, 0.15) is 17.2 Å². The van der Waals surface area contributed by atoms with Gasteiger partial charge in [0.05, 0.1) is 6.61 Å². The van der Waals surface area contributed by atoms with E-state index in [-0.39, 0.29) is 6.61 Å². The predicted octanol–water partition coefficient (Wildman–Crippen LogP) is 2.41. The van der Waals surface area contributed by atoms with Gasteiger partial charge in [-0.15, -0.1) is 0 Å². The molecule has 2 aromatic rings. The van der Waals surface area contributed by atoms with Crippen LogP contribution >= 0.6 is 0 Å². The third-order valence-electron chi connectivity index (χ3n) is 4.12. The molecule has 25 heavy (non-hydrogen) atoms. The lowest BCUT2D eigenvalue weighted by Gasteiger charge is -2.36. The van der Waals surface area contributed by atoms with E-state index in [2.05, 4.69) is 4.98 Å². The smallest absolute Gasteiger partial charge is 0.122 e. The van der Waals surface area contributed by atoms with Gasteiger partial charge in [0.2, 0.25) is 0 Å². The molecule has 0 saturated carbocycles. The van der Waals surface area contributed by atoms with E-state index < -0.39 is 12.1 Å². The van der Waals surface area contributed by atoms with Crippen LogP contribution in [0, 0.1) is 0 Å². The maximum Gasteiger partial charge on any atom is 0.122 e. The highest BCUT2D eigenvalue weighted by molar-refractivity contribution is 5.26. The summed E-state index contributed by atoms with van der Waals surface area (Å²) in [5.74, 6) is 0.663. The number of rotatable bonds is 7. The Kier molecular flexibility index (Phi) is 5.82. The van der Waals surface area contributed by atoms with Crippen LogP contribution in [0.15, 0.2) is 79.0 Å².